The van der Waals surface area contributed by atoms with E-state index in [1.807, 2.05) is 0 Å². The zero-order chi connectivity index (χ0) is 38.0. The Bertz CT molecular complexity index is 1830. The first-order chi connectivity index (χ1) is 23.9. The number of alkyl halides is 6. The third-order valence-corrected chi connectivity index (χ3v) is 8.77. The number of anilines is 2. The molecule has 0 N–H and O–H groups in total. The first-order valence-corrected chi connectivity index (χ1v) is 16.2. The van der Waals surface area contributed by atoms with Crippen molar-refractivity contribution in [2.24, 2.45) is 0 Å². The fraction of sp³-hybridized carbons (Fsp3) is 0.294. The predicted octanol–water partition coefficient (Wildman–Crippen LogP) is 11.7. The van der Waals surface area contributed by atoms with Gasteiger partial charge in [-0.2, -0.15) is 26.3 Å². The second kappa shape index (κ2) is 15.2. The number of hydrogen-bond donors (Lipinski definition) is 0. The molecule has 0 unspecified atom stereocenters. The van der Waals surface area contributed by atoms with Gasteiger partial charge in [-0.1, -0.05) is 35.3 Å². The minimum atomic E-state index is -4.76. The predicted molar refractivity (Wildman–Crippen MR) is 184 cm³/mol. The molecule has 0 bridgehead atoms. The van der Waals surface area contributed by atoms with Gasteiger partial charge in [0, 0.05) is 59.5 Å². The Morgan fingerprint density at radius 3 is 1.20 bits per heavy atom. The van der Waals surface area contributed by atoms with Crippen molar-refractivity contribution in [3.05, 3.63) is 102 Å². The third kappa shape index (κ3) is 7.94. The highest BCUT2D eigenvalue weighted by atomic mass is 35.5. The summed E-state index contributed by atoms with van der Waals surface area (Å²) in [5.74, 6) is -0.319. The normalized spacial score (nSPS) is 11.8. The molecule has 17 heteroatoms. The summed E-state index contributed by atoms with van der Waals surface area (Å²) >= 11 is 12.9. The topological polar surface area (TPSA) is 102 Å². The molecule has 272 valence electrons. The van der Waals surface area contributed by atoms with Crippen molar-refractivity contribution in [1.82, 2.24) is 0 Å². The van der Waals surface area contributed by atoms with Gasteiger partial charge in [0.2, 0.25) is 0 Å². The molecule has 0 aliphatic carbocycles. The number of hydrogen-bond acceptors (Lipinski definition) is 7. The lowest BCUT2D eigenvalue weighted by molar-refractivity contribution is -0.384. The zero-order valence-corrected chi connectivity index (χ0v) is 29.0. The van der Waals surface area contributed by atoms with Crippen LogP contribution >= 0.6 is 23.2 Å². The Hall–Kier alpha value is -4.76. The molecule has 0 saturated heterocycles. The number of nitro groups is 2. The molecule has 0 amide bonds. The first-order valence-electron chi connectivity index (χ1n) is 15.4. The molecule has 0 aliphatic rings. The number of nitro benzene ring substituents is 2. The van der Waals surface area contributed by atoms with Crippen LogP contribution in [0.25, 0.3) is 22.3 Å². The van der Waals surface area contributed by atoms with Gasteiger partial charge in [0.15, 0.2) is 0 Å². The zero-order valence-electron chi connectivity index (χ0n) is 27.5. The highest BCUT2D eigenvalue weighted by molar-refractivity contribution is 6.34. The van der Waals surface area contributed by atoms with Crippen molar-refractivity contribution in [3.63, 3.8) is 0 Å². The Morgan fingerprint density at radius 2 is 0.941 bits per heavy atom. The smallest absolute Gasteiger partial charge is 0.416 e. The average molecular weight is 760 g/mol. The fourth-order valence-electron chi connectivity index (χ4n) is 5.74. The van der Waals surface area contributed by atoms with Crippen molar-refractivity contribution in [3.8, 4) is 33.8 Å². The second-order valence-corrected chi connectivity index (χ2v) is 11.8. The highest BCUT2D eigenvalue weighted by Crippen LogP contribution is 2.53. The lowest BCUT2D eigenvalue weighted by Crippen LogP contribution is -2.24. The molecule has 0 heterocycles. The minimum absolute atomic E-state index is 0.0378. The van der Waals surface area contributed by atoms with Crippen LogP contribution in [0, 0.1) is 20.2 Å². The van der Waals surface area contributed by atoms with Crippen molar-refractivity contribution < 1.29 is 40.9 Å². The van der Waals surface area contributed by atoms with E-state index in [1.54, 1.807) is 37.5 Å². The monoisotopic (exact) mass is 758 g/mol. The van der Waals surface area contributed by atoms with Gasteiger partial charge in [-0.15, -0.1) is 0 Å². The number of benzene rings is 4. The van der Waals surface area contributed by atoms with Crippen LogP contribution in [0.2, 0.25) is 10.0 Å². The van der Waals surface area contributed by atoms with E-state index < -0.39 is 54.7 Å². The molecule has 4 rings (SSSR count). The molecule has 0 saturated carbocycles. The highest BCUT2D eigenvalue weighted by Gasteiger charge is 2.35. The van der Waals surface area contributed by atoms with Crippen molar-refractivity contribution in [1.29, 1.82) is 0 Å². The molecule has 0 spiro atoms. The number of nitrogens with zero attached hydrogens (tertiary/aromatic N) is 4. The average Bonchev–Trinajstić information content (AvgIpc) is 3.05. The summed E-state index contributed by atoms with van der Waals surface area (Å²) in [5, 5.41) is 23.8. The number of rotatable bonds is 12. The Balaban J connectivity index is 2.16. The molecule has 51 heavy (non-hydrogen) atoms. The standard InChI is InChI=1S/C34H30Cl2F6N4O5/c1-5-43(6-2)31-25(45(47)48)13-15-27(29(31)21-11-9-19(17-23(21)35)33(37,38)39)51-28-16-14-26(46(49)50)32(44(7-3)8-4)30(28)22-12-10-20(18-24(22)36)34(40,41)42/h9-18H,5-8H2,1-4H3. The molecular formula is C34H30Cl2F6N4O5. The van der Waals surface area contributed by atoms with E-state index in [9.17, 15) is 46.6 Å². The summed E-state index contributed by atoms with van der Waals surface area (Å²) < 4.78 is 88.2. The van der Waals surface area contributed by atoms with Crippen molar-refractivity contribution in [2.75, 3.05) is 36.0 Å². The van der Waals surface area contributed by atoms with Crippen LogP contribution in [0.15, 0.2) is 60.7 Å². The molecular weight excluding hydrogens is 729 g/mol. The molecule has 0 fully saturated rings. The summed E-state index contributed by atoms with van der Waals surface area (Å²) in [6.45, 7) is 7.66. The molecule has 0 aromatic heterocycles. The van der Waals surface area contributed by atoms with E-state index >= 15 is 0 Å². The van der Waals surface area contributed by atoms with Crippen LogP contribution in [0.4, 0.5) is 49.1 Å². The van der Waals surface area contributed by atoms with Crippen molar-refractivity contribution >= 4 is 46.0 Å². The third-order valence-electron chi connectivity index (χ3n) is 8.14. The molecule has 4 aromatic carbocycles. The maximum absolute atomic E-state index is 13.6. The van der Waals surface area contributed by atoms with E-state index in [0.29, 0.717) is 12.1 Å². The summed E-state index contributed by atoms with van der Waals surface area (Å²) in [6.07, 6.45) is -9.53. The van der Waals surface area contributed by atoms with E-state index in [0.717, 1.165) is 36.4 Å². The Morgan fingerprint density at radius 1 is 0.608 bits per heavy atom. The van der Waals surface area contributed by atoms with Crippen LogP contribution in [-0.4, -0.2) is 36.0 Å². The fourth-order valence-corrected chi connectivity index (χ4v) is 6.29. The number of ether oxygens (including phenoxy) is 1. The van der Waals surface area contributed by atoms with Gasteiger partial charge in [0.1, 0.15) is 22.9 Å². The molecule has 4 aromatic rings. The van der Waals surface area contributed by atoms with Crippen LogP contribution in [0.1, 0.15) is 38.8 Å². The number of halogens is 8. The van der Waals surface area contributed by atoms with Gasteiger partial charge in [0.05, 0.1) is 32.1 Å². The lowest BCUT2D eigenvalue weighted by Gasteiger charge is -2.28. The second-order valence-electron chi connectivity index (χ2n) is 11.0. The summed E-state index contributed by atoms with van der Waals surface area (Å²) in [6, 6.07) is 9.62. The largest absolute Gasteiger partial charge is 0.456 e. The van der Waals surface area contributed by atoms with Crippen molar-refractivity contribution in [2.45, 2.75) is 40.0 Å². The van der Waals surface area contributed by atoms with E-state index in [1.165, 1.54) is 12.1 Å². The van der Waals surface area contributed by atoms with Gasteiger partial charge in [-0.3, -0.25) is 20.2 Å². The summed E-state index contributed by atoms with van der Waals surface area (Å²) in [7, 11) is 0. The lowest BCUT2D eigenvalue weighted by atomic mass is 9.97. The van der Waals surface area contributed by atoms with Gasteiger partial charge in [0.25, 0.3) is 11.4 Å². The maximum Gasteiger partial charge on any atom is 0.416 e. The first kappa shape index (κ1) is 39.0. The van der Waals surface area contributed by atoms with E-state index in [4.69, 9.17) is 27.9 Å². The summed E-state index contributed by atoms with van der Waals surface area (Å²) in [4.78, 5) is 26.5. The van der Waals surface area contributed by atoms with Crippen LogP contribution in [-0.2, 0) is 12.4 Å². The molecule has 9 nitrogen and oxygen atoms in total. The van der Waals surface area contributed by atoms with Crippen LogP contribution < -0.4 is 14.5 Å². The Labute approximate surface area is 298 Å². The molecule has 0 atom stereocenters. The van der Waals surface area contributed by atoms with Crippen LogP contribution in [0.5, 0.6) is 11.5 Å². The molecule has 0 radical (unpaired) electrons. The SMILES string of the molecule is CCN(CC)c1c([N+](=O)[O-])ccc(Oc2ccc([N+](=O)[O-])c(N(CC)CC)c2-c2ccc(C(F)(F)F)cc2Cl)c1-c1ccc(C(F)(F)F)cc1Cl. The van der Waals surface area contributed by atoms with Gasteiger partial charge < -0.3 is 14.5 Å². The van der Waals surface area contributed by atoms with Gasteiger partial charge in [-0.25, -0.2) is 0 Å². The van der Waals surface area contributed by atoms with Gasteiger partial charge >= 0.3 is 12.4 Å². The quantitative estimate of drug-likeness (QED) is 0.0805. The summed E-state index contributed by atoms with van der Waals surface area (Å²) in [5.41, 5.74) is -3.34. The Kier molecular flexibility index (Phi) is 11.7. The minimum Gasteiger partial charge on any atom is -0.456 e. The van der Waals surface area contributed by atoms with E-state index in [2.05, 4.69) is 0 Å². The molecule has 0 aliphatic heterocycles. The van der Waals surface area contributed by atoms with E-state index in [-0.39, 0.29) is 71.3 Å². The van der Waals surface area contributed by atoms with Gasteiger partial charge in [-0.05, 0) is 64.1 Å². The maximum atomic E-state index is 13.6. The van der Waals surface area contributed by atoms with Crippen LogP contribution in [0.3, 0.4) is 0 Å².